The van der Waals surface area contributed by atoms with Crippen molar-refractivity contribution in [2.24, 2.45) is 0 Å². The first-order valence-corrected chi connectivity index (χ1v) is 1.22. The quantitative estimate of drug-likeness (QED) is 0.235. The minimum absolute atomic E-state index is 0. The van der Waals surface area contributed by atoms with E-state index in [1.54, 1.807) is 0 Å². The average molecular weight is 101 g/mol. The second-order valence-electron chi connectivity index (χ2n) is 0.0833. The summed E-state index contributed by atoms with van der Waals surface area (Å²) in [5.74, 6) is 0. The van der Waals surface area contributed by atoms with Gasteiger partial charge < -0.3 is 1.43 Å². The van der Waals surface area contributed by atoms with Gasteiger partial charge in [-0.2, -0.15) is 0 Å². The fraction of sp³-hybridized carbons (Fsp3) is 0. The summed E-state index contributed by atoms with van der Waals surface area (Å²) in [6.07, 6.45) is 0. The van der Waals surface area contributed by atoms with E-state index in [4.69, 9.17) is 9.13 Å². The van der Waals surface area contributed by atoms with Gasteiger partial charge in [-0.05, 0) is 0 Å². The Hall–Kier alpha value is 1.03. The van der Waals surface area contributed by atoms with Gasteiger partial charge in [0, 0.05) is 0 Å². The van der Waals surface area contributed by atoms with Crippen LogP contribution >= 0.6 is 8.34 Å². The van der Waals surface area contributed by atoms with E-state index in [1.165, 1.54) is 0 Å². The Morgan fingerprint density at radius 3 is 1.40 bits per heavy atom. The molecule has 0 aromatic heterocycles. The normalized spacial score (nSPS) is 2.40. The van der Waals surface area contributed by atoms with Gasteiger partial charge in [0.25, 0.3) is 0 Å². The monoisotopic (exact) mass is 101 g/mol. The molecule has 0 bridgehead atoms. The maximum atomic E-state index is 8.40. The van der Waals surface area contributed by atoms with E-state index in [9.17, 15) is 0 Å². The molecule has 1 radical (unpaired) electrons. The topological polar surface area (TPSA) is 34.1 Å². The molecule has 0 spiro atoms. The molecule has 0 aliphatic rings. The van der Waals surface area contributed by atoms with Crippen LogP contribution in [0.25, 0.3) is 0 Å². The first-order valence-electron chi connectivity index (χ1n) is 0.408. The first kappa shape index (κ1) is 16.6. The molecule has 0 fully saturated rings. The van der Waals surface area contributed by atoms with Gasteiger partial charge in [-0.3, -0.25) is 0 Å². The van der Waals surface area contributed by atoms with Crippen LogP contribution in [0.3, 0.4) is 0 Å². The number of hydrogen-bond acceptors (Lipinski definition) is 2. The molecule has 0 atom stereocenters. The molecule has 25 valence electrons. The summed E-state index contributed by atoms with van der Waals surface area (Å²) in [5.41, 5.74) is 0. The largest absolute Gasteiger partial charge is 1.00 e. The zero-order chi connectivity index (χ0) is 2.71. The van der Waals surface area contributed by atoms with E-state index in [0.717, 1.165) is 0 Å². The molecule has 0 N–H and O–H groups in total. The zero-order valence-corrected chi connectivity index (χ0v) is 6.32. The number of rotatable bonds is 0. The van der Waals surface area contributed by atoms with Gasteiger partial charge in [-0.15, -0.1) is 0 Å². The van der Waals surface area contributed by atoms with Crippen LogP contribution in [-0.4, -0.2) is 17.4 Å². The van der Waals surface area contributed by atoms with Crippen molar-refractivity contribution in [1.29, 1.82) is 0 Å². The molecule has 0 aromatic rings. The minimum atomic E-state index is -1.42. The molecule has 0 unspecified atom stereocenters. The molecule has 0 aromatic carbocycles. The third kappa shape index (κ3) is 43.5. The predicted molar refractivity (Wildman–Crippen MR) is 19.3 cm³/mol. The summed E-state index contributed by atoms with van der Waals surface area (Å²) in [5, 5.41) is 0. The van der Waals surface area contributed by atoms with Gasteiger partial charge >= 0.3 is 27.2 Å². The van der Waals surface area contributed by atoms with E-state index in [1.807, 2.05) is 0 Å². The van der Waals surface area contributed by atoms with Gasteiger partial charge in [0.1, 0.15) is 17.4 Å². The Kier molecular flexibility index (Phi) is 65.9. The van der Waals surface area contributed by atoms with Crippen LogP contribution in [0.1, 0.15) is 1.43 Å². The van der Waals surface area contributed by atoms with Crippen molar-refractivity contribution in [2.45, 2.75) is 0 Å². The Balaban J connectivity index is -0.00000000667. The van der Waals surface area contributed by atoms with E-state index in [0.29, 0.717) is 0 Å². The van der Waals surface area contributed by atoms with Gasteiger partial charge in [-0.25, -0.2) is 9.13 Å². The van der Waals surface area contributed by atoms with Gasteiger partial charge in [0.2, 0.25) is 0 Å². The Morgan fingerprint density at radius 1 is 1.40 bits per heavy atom. The third-order valence-corrected chi connectivity index (χ3v) is 0. The van der Waals surface area contributed by atoms with Crippen LogP contribution in [0.15, 0.2) is 0 Å². The fourth-order valence-corrected chi connectivity index (χ4v) is 0. The van der Waals surface area contributed by atoms with E-state index < -0.39 is 8.34 Å². The van der Waals surface area contributed by atoms with Crippen molar-refractivity contribution in [3.05, 3.63) is 0 Å². The van der Waals surface area contributed by atoms with Crippen LogP contribution in [0.2, 0.25) is 0 Å². The standard InChI is InChI=1S/Al.Li.HO2P.3H/c;;1-3-2;;;/h;;3H;;;/q;+1;;;;-1. The SMILES string of the molecule is O=[PH]=O.[AlH2].[H-].[Li+]. The van der Waals surface area contributed by atoms with E-state index in [2.05, 4.69) is 0 Å². The zero-order valence-electron chi connectivity index (χ0n) is 4.32. The molecule has 0 aliphatic heterocycles. The summed E-state index contributed by atoms with van der Waals surface area (Å²) in [6, 6.07) is 0. The van der Waals surface area contributed by atoms with Crippen LogP contribution in [0.4, 0.5) is 0 Å². The molecule has 0 rings (SSSR count). The van der Waals surface area contributed by atoms with Crippen molar-refractivity contribution in [1.82, 2.24) is 0 Å². The van der Waals surface area contributed by atoms with E-state index >= 15 is 0 Å². The smallest absolute Gasteiger partial charge is 1.00 e. The summed E-state index contributed by atoms with van der Waals surface area (Å²) < 4.78 is 16.8. The predicted octanol–water partition coefficient (Wildman–Crippen LogP) is -3.44. The average Bonchev–Trinajstić information content (AvgIpc) is 0.918. The molecule has 0 aliphatic carbocycles. The van der Waals surface area contributed by atoms with Crippen molar-refractivity contribution in [2.75, 3.05) is 0 Å². The van der Waals surface area contributed by atoms with Gasteiger partial charge in [0.05, 0.1) is 0 Å². The Bertz CT molecular complexity index is 34.5. The van der Waals surface area contributed by atoms with Gasteiger partial charge in [0.15, 0.2) is 0 Å². The van der Waals surface area contributed by atoms with Gasteiger partial charge in [-0.1, -0.05) is 0 Å². The second-order valence-corrected chi connectivity index (χ2v) is 0.250. The minimum Gasteiger partial charge on any atom is -1.00 e. The van der Waals surface area contributed by atoms with Crippen LogP contribution in [0.5, 0.6) is 0 Å². The maximum Gasteiger partial charge on any atom is 1.00 e. The Morgan fingerprint density at radius 2 is 1.40 bits per heavy atom. The van der Waals surface area contributed by atoms with Crippen LogP contribution in [0, 0.1) is 0 Å². The fourth-order valence-electron chi connectivity index (χ4n) is 0. The molecule has 0 saturated carbocycles. The summed E-state index contributed by atoms with van der Waals surface area (Å²) in [7, 11) is -1.42. The first-order chi connectivity index (χ1) is 1.41. The van der Waals surface area contributed by atoms with Crippen molar-refractivity contribution in [3.63, 3.8) is 0 Å². The summed E-state index contributed by atoms with van der Waals surface area (Å²) >= 11 is 0. The molecular formula is H4AlLiO2P. The molecule has 0 saturated heterocycles. The molecule has 0 amide bonds. The van der Waals surface area contributed by atoms with Crippen LogP contribution < -0.4 is 18.9 Å². The molecule has 2 nitrogen and oxygen atoms in total. The maximum absolute atomic E-state index is 8.40. The van der Waals surface area contributed by atoms with Crippen molar-refractivity contribution >= 4 is 25.7 Å². The number of hydrogen-bond donors (Lipinski definition) is 0. The molecular weight excluding hydrogens is 96.9 g/mol. The Labute approximate surface area is 55.4 Å². The summed E-state index contributed by atoms with van der Waals surface area (Å²) in [4.78, 5) is 0. The van der Waals surface area contributed by atoms with Crippen molar-refractivity contribution in [3.8, 4) is 0 Å². The second kappa shape index (κ2) is 19.8. The third-order valence-electron chi connectivity index (χ3n) is 0. The summed E-state index contributed by atoms with van der Waals surface area (Å²) in [6.45, 7) is 0. The van der Waals surface area contributed by atoms with Crippen molar-refractivity contribution < 1.29 is 29.4 Å². The molecule has 5 heteroatoms. The molecule has 0 heterocycles. The van der Waals surface area contributed by atoms with Crippen LogP contribution in [-0.2, 0) is 9.13 Å². The molecule has 5 heavy (non-hydrogen) atoms. The van der Waals surface area contributed by atoms with E-state index in [-0.39, 0.29) is 37.6 Å².